The number of hydrogen-bond donors (Lipinski definition) is 1. The minimum Gasteiger partial charge on any atom is -0.497 e. The lowest BCUT2D eigenvalue weighted by Crippen LogP contribution is -2.32. The largest absolute Gasteiger partial charge is 0.497 e. The van der Waals surface area contributed by atoms with Crippen molar-refractivity contribution in [3.8, 4) is 11.5 Å². The molecule has 0 radical (unpaired) electrons. The Bertz CT molecular complexity index is 486. The number of nitrogens with one attached hydrogen (secondary N) is 1. The van der Waals surface area contributed by atoms with Crippen LogP contribution in [-0.4, -0.2) is 39.4 Å². The fourth-order valence-corrected chi connectivity index (χ4v) is 2.77. The highest BCUT2D eigenvalue weighted by Gasteiger charge is 2.20. The first-order chi connectivity index (χ1) is 9.65. The van der Waals surface area contributed by atoms with Crippen LogP contribution in [-0.2, 0) is 4.74 Å². The second kappa shape index (κ2) is 6.95. The van der Waals surface area contributed by atoms with E-state index >= 15 is 0 Å². The summed E-state index contributed by atoms with van der Waals surface area (Å²) in [5, 5.41) is 2.87. The zero-order chi connectivity index (χ0) is 14.5. The maximum atomic E-state index is 12.3. The van der Waals surface area contributed by atoms with E-state index in [-0.39, 0.29) is 12.0 Å². The highest BCUT2D eigenvalue weighted by molar-refractivity contribution is 9.10. The first-order valence-electron chi connectivity index (χ1n) is 6.47. The summed E-state index contributed by atoms with van der Waals surface area (Å²) in [5.74, 6) is 0.896. The summed E-state index contributed by atoms with van der Waals surface area (Å²) >= 11 is 3.37. The first kappa shape index (κ1) is 15.1. The van der Waals surface area contributed by atoms with Crippen LogP contribution in [0.1, 0.15) is 23.2 Å². The van der Waals surface area contributed by atoms with Crippen molar-refractivity contribution in [3.63, 3.8) is 0 Å². The summed E-state index contributed by atoms with van der Waals surface area (Å²) in [7, 11) is 3.09. The molecule has 0 aromatic heterocycles. The van der Waals surface area contributed by atoms with Gasteiger partial charge >= 0.3 is 0 Å². The molecule has 1 unspecified atom stereocenters. The van der Waals surface area contributed by atoms with Crippen molar-refractivity contribution in [2.75, 3.05) is 27.4 Å². The van der Waals surface area contributed by atoms with Crippen LogP contribution in [0.4, 0.5) is 0 Å². The molecule has 1 aromatic carbocycles. The van der Waals surface area contributed by atoms with Crippen molar-refractivity contribution in [2.24, 2.45) is 0 Å². The van der Waals surface area contributed by atoms with Gasteiger partial charge in [0.2, 0.25) is 0 Å². The second-order valence-electron chi connectivity index (χ2n) is 4.54. The molecule has 0 bridgehead atoms. The van der Waals surface area contributed by atoms with Gasteiger partial charge in [-0.3, -0.25) is 4.79 Å². The Morgan fingerprint density at radius 3 is 2.85 bits per heavy atom. The molecule has 0 saturated carbocycles. The average molecular weight is 344 g/mol. The molecule has 1 aromatic rings. The van der Waals surface area contributed by atoms with Crippen LogP contribution in [0, 0.1) is 0 Å². The Morgan fingerprint density at radius 1 is 1.45 bits per heavy atom. The van der Waals surface area contributed by atoms with Crippen molar-refractivity contribution in [3.05, 3.63) is 22.2 Å². The van der Waals surface area contributed by atoms with Gasteiger partial charge < -0.3 is 19.5 Å². The predicted octanol–water partition coefficient (Wildman–Crippen LogP) is 2.38. The summed E-state index contributed by atoms with van der Waals surface area (Å²) in [6.07, 6.45) is 2.15. The Morgan fingerprint density at radius 2 is 2.25 bits per heavy atom. The number of hydrogen-bond acceptors (Lipinski definition) is 4. The molecule has 5 nitrogen and oxygen atoms in total. The van der Waals surface area contributed by atoms with Gasteiger partial charge in [0.15, 0.2) is 0 Å². The van der Waals surface area contributed by atoms with E-state index in [9.17, 15) is 4.79 Å². The van der Waals surface area contributed by atoms with Gasteiger partial charge in [0.25, 0.3) is 5.91 Å². The smallest absolute Gasteiger partial charge is 0.255 e. The number of amides is 1. The van der Waals surface area contributed by atoms with Gasteiger partial charge in [0.05, 0.1) is 30.4 Å². The predicted molar refractivity (Wildman–Crippen MR) is 78.6 cm³/mol. The summed E-state index contributed by atoms with van der Waals surface area (Å²) in [6.45, 7) is 1.28. The van der Waals surface area contributed by atoms with Crippen LogP contribution in [0.15, 0.2) is 16.6 Å². The monoisotopic (exact) mass is 343 g/mol. The Labute approximate surface area is 126 Å². The molecule has 20 heavy (non-hydrogen) atoms. The van der Waals surface area contributed by atoms with E-state index in [0.29, 0.717) is 28.1 Å². The number of rotatable bonds is 5. The molecule has 2 rings (SSSR count). The molecule has 1 fully saturated rings. The van der Waals surface area contributed by atoms with Crippen LogP contribution in [0.25, 0.3) is 0 Å². The van der Waals surface area contributed by atoms with E-state index in [0.717, 1.165) is 19.4 Å². The quantitative estimate of drug-likeness (QED) is 0.891. The maximum absolute atomic E-state index is 12.3. The minimum atomic E-state index is -0.197. The molecule has 0 aliphatic carbocycles. The normalized spacial score (nSPS) is 17.9. The van der Waals surface area contributed by atoms with Gasteiger partial charge in [-0.2, -0.15) is 0 Å². The Hall–Kier alpha value is -1.27. The molecule has 1 amide bonds. The van der Waals surface area contributed by atoms with Gasteiger partial charge in [-0.05, 0) is 40.9 Å². The van der Waals surface area contributed by atoms with Gasteiger partial charge in [-0.25, -0.2) is 0 Å². The van der Waals surface area contributed by atoms with E-state index < -0.39 is 0 Å². The van der Waals surface area contributed by atoms with Gasteiger partial charge in [0.1, 0.15) is 11.5 Å². The Kier molecular flexibility index (Phi) is 5.25. The molecule has 1 N–H and O–H groups in total. The van der Waals surface area contributed by atoms with Crippen molar-refractivity contribution >= 4 is 21.8 Å². The topological polar surface area (TPSA) is 56.8 Å². The van der Waals surface area contributed by atoms with Gasteiger partial charge in [-0.15, -0.1) is 0 Å². The number of carbonyl (C=O) groups is 1. The summed E-state index contributed by atoms with van der Waals surface area (Å²) in [5.41, 5.74) is 0.441. The maximum Gasteiger partial charge on any atom is 0.255 e. The van der Waals surface area contributed by atoms with E-state index in [4.69, 9.17) is 14.2 Å². The molecule has 1 aliphatic rings. The van der Waals surface area contributed by atoms with E-state index in [1.165, 1.54) is 7.11 Å². The molecule has 1 aliphatic heterocycles. The van der Waals surface area contributed by atoms with Crippen molar-refractivity contribution in [2.45, 2.75) is 18.9 Å². The van der Waals surface area contributed by atoms with Crippen molar-refractivity contribution < 1.29 is 19.0 Å². The van der Waals surface area contributed by atoms with Crippen LogP contribution in [0.2, 0.25) is 0 Å². The van der Waals surface area contributed by atoms with Crippen LogP contribution >= 0.6 is 15.9 Å². The van der Waals surface area contributed by atoms with Crippen molar-refractivity contribution in [1.29, 1.82) is 0 Å². The van der Waals surface area contributed by atoms with Crippen LogP contribution in [0.5, 0.6) is 11.5 Å². The third-order valence-electron chi connectivity index (χ3n) is 3.22. The molecule has 1 heterocycles. The summed E-state index contributed by atoms with van der Waals surface area (Å²) in [6, 6.07) is 3.42. The second-order valence-corrected chi connectivity index (χ2v) is 5.39. The highest BCUT2D eigenvalue weighted by atomic mass is 79.9. The average Bonchev–Trinajstić information content (AvgIpc) is 2.97. The van der Waals surface area contributed by atoms with Gasteiger partial charge in [0, 0.05) is 13.2 Å². The standard InChI is InChI=1S/C14H18BrNO4/c1-18-10-6-11(13(19-2)12(15)7-10)14(17)16-8-9-4-3-5-20-9/h6-7,9H,3-5,8H2,1-2H3,(H,16,17). The number of methoxy groups -OCH3 is 2. The lowest BCUT2D eigenvalue weighted by atomic mass is 10.1. The zero-order valence-electron chi connectivity index (χ0n) is 11.6. The fourth-order valence-electron chi connectivity index (χ4n) is 2.17. The number of benzene rings is 1. The van der Waals surface area contributed by atoms with E-state index in [1.807, 2.05) is 0 Å². The summed E-state index contributed by atoms with van der Waals surface area (Å²) < 4.78 is 16.6. The molecular weight excluding hydrogens is 326 g/mol. The molecular formula is C14H18BrNO4. The summed E-state index contributed by atoms with van der Waals surface area (Å²) in [4.78, 5) is 12.3. The zero-order valence-corrected chi connectivity index (χ0v) is 13.2. The van der Waals surface area contributed by atoms with E-state index in [2.05, 4.69) is 21.2 Å². The molecule has 110 valence electrons. The number of ether oxygens (including phenoxy) is 3. The lowest BCUT2D eigenvalue weighted by Gasteiger charge is -2.14. The highest BCUT2D eigenvalue weighted by Crippen LogP contribution is 2.33. The molecule has 1 saturated heterocycles. The third kappa shape index (κ3) is 3.43. The number of carbonyl (C=O) groups excluding carboxylic acids is 1. The molecule has 1 atom stereocenters. The Balaban J connectivity index is 2.12. The van der Waals surface area contributed by atoms with E-state index in [1.54, 1.807) is 19.2 Å². The van der Waals surface area contributed by atoms with Crippen LogP contribution in [0.3, 0.4) is 0 Å². The van der Waals surface area contributed by atoms with Gasteiger partial charge in [-0.1, -0.05) is 0 Å². The third-order valence-corrected chi connectivity index (χ3v) is 3.80. The SMILES string of the molecule is COc1cc(Br)c(OC)c(C(=O)NCC2CCCO2)c1. The lowest BCUT2D eigenvalue weighted by molar-refractivity contribution is 0.0855. The number of halogens is 1. The first-order valence-corrected chi connectivity index (χ1v) is 7.26. The minimum absolute atomic E-state index is 0.110. The van der Waals surface area contributed by atoms with Crippen LogP contribution < -0.4 is 14.8 Å². The molecule has 6 heteroatoms. The fraction of sp³-hybridized carbons (Fsp3) is 0.500. The van der Waals surface area contributed by atoms with Crippen molar-refractivity contribution in [1.82, 2.24) is 5.32 Å². The molecule has 0 spiro atoms.